The van der Waals surface area contributed by atoms with Gasteiger partial charge in [-0.25, -0.2) is 0 Å². The molecule has 1 aliphatic heterocycles. The van der Waals surface area contributed by atoms with Gasteiger partial charge in [0.2, 0.25) is 0 Å². The zero-order valence-electron chi connectivity index (χ0n) is 17.0. The third-order valence-corrected chi connectivity index (χ3v) is 6.78. The highest BCUT2D eigenvalue weighted by atomic mass is 15.1. The molecule has 1 saturated heterocycles. The molecule has 2 aromatic carbocycles. The third-order valence-electron chi connectivity index (χ3n) is 6.78. The van der Waals surface area contributed by atoms with Crippen LogP contribution < -0.4 is 0 Å². The van der Waals surface area contributed by atoms with E-state index in [9.17, 15) is 0 Å². The van der Waals surface area contributed by atoms with Crippen molar-refractivity contribution in [2.75, 3.05) is 26.7 Å². The molecule has 2 heteroatoms. The van der Waals surface area contributed by atoms with E-state index in [0.29, 0.717) is 6.04 Å². The molecule has 0 aromatic heterocycles. The molecule has 1 atom stereocenters. The summed E-state index contributed by atoms with van der Waals surface area (Å²) in [5, 5.41) is 0. The number of nitrogens with zero attached hydrogens (tertiary/aromatic N) is 2. The van der Waals surface area contributed by atoms with Crippen LogP contribution in [0.4, 0.5) is 0 Å². The summed E-state index contributed by atoms with van der Waals surface area (Å²) in [6.07, 6.45) is 5.44. The molecule has 0 radical (unpaired) electrons. The van der Waals surface area contributed by atoms with E-state index >= 15 is 0 Å². The molecular formula is C25H34N2. The van der Waals surface area contributed by atoms with E-state index in [1.54, 1.807) is 5.56 Å². The Morgan fingerprint density at radius 1 is 0.963 bits per heavy atom. The molecule has 0 spiro atoms. The molecule has 2 aliphatic rings. The molecule has 2 nitrogen and oxygen atoms in total. The molecule has 1 saturated carbocycles. The smallest absolute Gasteiger partial charge is 0.0316 e. The largest absolute Gasteiger partial charge is 0.299 e. The molecule has 0 N–H and O–H groups in total. The quantitative estimate of drug-likeness (QED) is 0.644. The summed E-state index contributed by atoms with van der Waals surface area (Å²) in [5.41, 5.74) is 4.45. The fraction of sp³-hybridized carbons (Fsp3) is 0.520. The summed E-state index contributed by atoms with van der Waals surface area (Å²) in [7, 11) is 2.28. The third kappa shape index (κ3) is 4.62. The van der Waals surface area contributed by atoms with Gasteiger partial charge < -0.3 is 0 Å². The second kappa shape index (κ2) is 8.58. The summed E-state index contributed by atoms with van der Waals surface area (Å²) in [5.74, 6) is 1.62. The van der Waals surface area contributed by atoms with Crippen molar-refractivity contribution in [2.24, 2.45) is 5.92 Å². The fourth-order valence-corrected chi connectivity index (χ4v) is 4.80. The highest BCUT2D eigenvalue weighted by molar-refractivity contribution is 5.27. The van der Waals surface area contributed by atoms with Gasteiger partial charge in [-0.15, -0.1) is 0 Å². The molecule has 27 heavy (non-hydrogen) atoms. The van der Waals surface area contributed by atoms with Crippen molar-refractivity contribution in [3.63, 3.8) is 0 Å². The molecule has 1 aliphatic carbocycles. The molecule has 4 rings (SSSR count). The zero-order valence-corrected chi connectivity index (χ0v) is 17.0. The Kier molecular flexibility index (Phi) is 5.95. The van der Waals surface area contributed by atoms with Crippen LogP contribution in [0.1, 0.15) is 61.3 Å². The minimum Gasteiger partial charge on any atom is -0.299 e. The number of benzene rings is 2. The number of rotatable bonds is 7. The summed E-state index contributed by atoms with van der Waals surface area (Å²) >= 11 is 0. The maximum absolute atomic E-state index is 2.58. The maximum atomic E-state index is 2.58. The van der Waals surface area contributed by atoms with E-state index < -0.39 is 0 Å². The Morgan fingerprint density at radius 3 is 2.30 bits per heavy atom. The second-order valence-electron chi connectivity index (χ2n) is 8.79. The monoisotopic (exact) mass is 362 g/mol. The van der Waals surface area contributed by atoms with E-state index in [2.05, 4.69) is 78.4 Å². The average molecular weight is 363 g/mol. The van der Waals surface area contributed by atoms with Gasteiger partial charge in [-0.2, -0.15) is 0 Å². The van der Waals surface area contributed by atoms with Gasteiger partial charge >= 0.3 is 0 Å². The summed E-state index contributed by atoms with van der Waals surface area (Å²) < 4.78 is 0. The first-order chi connectivity index (χ1) is 13.2. The van der Waals surface area contributed by atoms with Crippen molar-refractivity contribution in [3.8, 4) is 0 Å². The van der Waals surface area contributed by atoms with Gasteiger partial charge in [0.15, 0.2) is 0 Å². The normalized spacial score (nSPS) is 24.1. The van der Waals surface area contributed by atoms with Crippen LogP contribution >= 0.6 is 0 Å². The van der Waals surface area contributed by atoms with Gasteiger partial charge in [-0.05, 0) is 81.3 Å². The van der Waals surface area contributed by atoms with Crippen LogP contribution in [0.15, 0.2) is 54.6 Å². The number of hydrogen-bond donors (Lipinski definition) is 0. The molecule has 0 bridgehead atoms. The van der Waals surface area contributed by atoms with E-state index in [0.717, 1.165) is 18.4 Å². The fourth-order valence-electron chi connectivity index (χ4n) is 4.80. The lowest BCUT2D eigenvalue weighted by molar-refractivity contribution is 0.152. The second-order valence-corrected chi connectivity index (χ2v) is 8.79. The van der Waals surface area contributed by atoms with Crippen molar-refractivity contribution in [1.29, 1.82) is 0 Å². The Bertz CT molecular complexity index is 697. The minimum atomic E-state index is 0.495. The van der Waals surface area contributed by atoms with E-state index in [1.165, 1.54) is 56.4 Å². The number of hydrogen-bond acceptors (Lipinski definition) is 2. The maximum Gasteiger partial charge on any atom is 0.0316 e. The topological polar surface area (TPSA) is 6.48 Å². The minimum absolute atomic E-state index is 0.495. The van der Waals surface area contributed by atoms with Crippen molar-refractivity contribution in [2.45, 2.75) is 51.1 Å². The van der Waals surface area contributed by atoms with Crippen molar-refractivity contribution < 1.29 is 0 Å². The Hall–Kier alpha value is -1.64. The van der Waals surface area contributed by atoms with Crippen LogP contribution in [0.25, 0.3) is 0 Å². The van der Waals surface area contributed by atoms with E-state index in [-0.39, 0.29) is 0 Å². The van der Waals surface area contributed by atoms with E-state index in [1.807, 2.05) is 0 Å². The summed E-state index contributed by atoms with van der Waals surface area (Å²) in [4.78, 5) is 5.10. The lowest BCUT2D eigenvalue weighted by Crippen LogP contribution is -2.34. The van der Waals surface area contributed by atoms with Gasteiger partial charge in [0.25, 0.3) is 0 Å². The molecular weight excluding hydrogens is 328 g/mol. The van der Waals surface area contributed by atoms with Gasteiger partial charge in [-0.3, -0.25) is 9.80 Å². The molecule has 2 aromatic rings. The van der Waals surface area contributed by atoms with Crippen molar-refractivity contribution >= 4 is 0 Å². The van der Waals surface area contributed by atoms with Crippen LogP contribution in [-0.4, -0.2) is 36.5 Å². The SMILES string of the molecule is C[C@H](c1ccccc1)N(C)C[C@H]1C[C@H](c2ccc(CN3CCCC3)cc2)C1. The molecule has 0 unspecified atom stereocenters. The summed E-state index contributed by atoms with van der Waals surface area (Å²) in [6, 6.07) is 20.9. The van der Waals surface area contributed by atoms with Crippen LogP contribution in [0.5, 0.6) is 0 Å². The van der Waals surface area contributed by atoms with Gasteiger partial charge in [-0.1, -0.05) is 54.6 Å². The van der Waals surface area contributed by atoms with Gasteiger partial charge in [0.05, 0.1) is 0 Å². The first kappa shape index (κ1) is 18.7. The first-order valence-corrected chi connectivity index (χ1v) is 10.8. The van der Waals surface area contributed by atoms with Gasteiger partial charge in [0, 0.05) is 19.1 Å². The molecule has 1 heterocycles. The molecule has 2 fully saturated rings. The average Bonchev–Trinajstić information content (AvgIpc) is 3.18. The first-order valence-electron chi connectivity index (χ1n) is 10.8. The lowest BCUT2D eigenvalue weighted by atomic mass is 9.71. The van der Waals surface area contributed by atoms with Gasteiger partial charge in [0.1, 0.15) is 0 Å². The Labute approximate surface area is 165 Å². The van der Waals surface area contributed by atoms with Crippen LogP contribution in [0, 0.1) is 5.92 Å². The lowest BCUT2D eigenvalue weighted by Gasteiger charge is -2.39. The zero-order chi connectivity index (χ0) is 18.6. The summed E-state index contributed by atoms with van der Waals surface area (Å²) in [6.45, 7) is 7.22. The molecule has 144 valence electrons. The predicted molar refractivity (Wildman–Crippen MR) is 114 cm³/mol. The van der Waals surface area contributed by atoms with Crippen LogP contribution in [0.3, 0.4) is 0 Å². The highest BCUT2D eigenvalue weighted by Crippen LogP contribution is 2.42. The van der Waals surface area contributed by atoms with Crippen molar-refractivity contribution in [1.82, 2.24) is 9.80 Å². The van der Waals surface area contributed by atoms with Crippen molar-refractivity contribution in [3.05, 3.63) is 71.3 Å². The highest BCUT2D eigenvalue weighted by Gasteiger charge is 2.31. The van der Waals surface area contributed by atoms with Crippen LogP contribution in [-0.2, 0) is 6.54 Å². The van der Waals surface area contributed by atoms with E-state index in [4.69, 9.17) is 0 Å². The Balaban J connectivity index is 1.24. The molecule has 0 amide bonds. The number of likely N-dealkylation sites (tertiary alicyclic amines) is 1. The predicted octanol–water partition coefficient (Wildman–Crippen LogP) is 5.47. The van der Waals surface area contributed by atoms with Crippen LogP contribution in [0.2, 0.25) is 0 Å². The standard InChI is InChI=1S/C25H34N2/c1-20(23-8-4-3-5-9-23)26(2)18-22-16-25(17-22)24-12-10-21(11-13-24)19-27-14-6-7-15-27/h3-5,8-13,20,22,25H,6-7,14-19H2,1-2H3/t20-,22-,25-/m1/s1. The Morgan fingerprint density at radius 2 is 1.63 bits per heavy atom.